The molecule has 0 aromatic carbocycles. The number of carbonyl (C=O) groups excluding carboxylic acids is 1. The van der Waals surface area contributed by atoms with E-state index < -0.39 is 0 Å². The summed E-state index contributed by atoms with van der Waals surface area (Å²) in [5, 5.41) is 6.34. The van der Waals surface area contributed by atoms with E-state index in [0.29, 0.717) is 12.3 Å². The Labute approximate surface area is 82.4 Å². The van der Waals surface area contributed by atoms with E-state index >= 15 is 0 Å². The van der Waals surface area contributed by atoms with Gasteiger partial charge in [0.1, 0.15) is 0 Å². The Morgan fingerprint density at radius 2 is 2.50 bits per heavy atom. The average Bonchev–Trinajstić information content (AvgIpc) is 2.52. The van der Waals surface area contributed by atoms with Gasteiger partial charge in [0.25, 0.3) is 5.91 Å². The number of hydrogen-bond donors (Lipinski definition) is 1. The summed E-state index contributed by atoms with van der Waals surface area (Å²) >= 11 is 0. The lowest BCUT2D eigenvalue weighted by Crippen LogP contribution is -2.35. The zero-order valence-electron chi connectivity index (χ0n) is 8.53. The molecule has 0 fully saturated rings. The molecular weight excluding hydrogens is 184 g/mol. The zero-order chi connectivity index (χ0) is 10.6. The molecule has 0 bridgehead atoms. The minimum absolute atomic E-state index is 0.0436. The van der Waals surface area contributed by atoms with Gasteiger partial charge in [-0.1, -0.05) is 5.16 Å². The molecule has 78 valence electrons. The van der Waals surface area contributed by atoms with Gasteiger partial charge in [0.2, 0.25) is 5.76 Å². The maximum absolute atomic E-state index is 11.4. The van der Waals surface area contributed by atoms with Crippen LogP contribution in [-0.4, -0.2) is 30.8 Å². The molecule has 0 radical (unpaired) electrons. The summed E-state index contributed by atoms with van der Waals surface area (Å²) in [5.74, 6) is -0.0411. The lowest BCUT2D eigenvalue weighted by Gasteiger charge is -2.10. The maximum atomic E-state index is 11.4. The van der Waals surface area contributed by atoms with Crippen LogP contribution in [-0.2, 0) is 4.74 Å². The van der Waals surface area contributed by atoms with Crippen molar-refractivity contribution in [3.63, 3.8) is 0 Å². The lowest BCUT2D eigenvalue weighted by molar-refractivity contribution is 0.0869. The summed E-state index contributed by atoms with van der Waals surface area (Å²) in [6.45, 7) is 4.09. The van der Waals surface area contributed by atoms with E-state index in [2.05, 4.69) is 10.5 Å². The number of hydrogen-bond acceptors (Lipinski definition) is 4. The zero-order valence-corrected chi connectivity index (χ0v) is 8.53. The Balaban J connectivity index is 2.50. The highest BCUT2D eigenvalue weighted by molar-refractivity contribution is 5.91. The van der Waals surface area contributed by atoms with Crippen molar-refractivity contribution in [2.75, 3.05) is 13.7 Å². The molecule has 1 N–H and O–H groups in total. The number of methoxy groups -OCH3 is 1. The smallest absolute Gasteiger partial charge is 0.290 e. The fraction of sp³-hybridized carbons (Fsp3) is 0.556. The number of ether oxygens (including phenoxy) is 1. The average molecular weight is 198 g/mol. The molecule has 0 saturated carbocycles. The second kappa shape index (κ2) is 4.76. The summed E-state index contributed by atoms with van der Waals surface area (Å²) in [4.78, 5) is 11.4. The third-order valence-corrected chi connectivity index (χ3v) is 1.65. The quantitative estimate of drug-likeness (QED) is 0.775. The van der Waals surface area contributed by atoms with E-state index in [4.69, 9.17) is 9.26 Å². The number of aromatic nitrogens is 1. The van der Waals surface area contributed by atoms with Gasteiger partial charge in [0, 0.05) is 19.2 Å². The van der Waals surface area contributed by atoms with Gasteiger partial charge in [-0.3, -0.25) is 4.79 Å². The van der Waals surface area contributed by atoms with E-state index in [1.165, 1.54) is 0 Å². The first kappa shape index (κ1) is 10.7. The molecule has 5 heteroatoms. The Hall–Kier alpha value is -1.36. The monoisotopic (exact) mass is 198 g/mol. The molecule has 1 heterocycles. The summed E-state index contributed by atoms with van der Waals surface area (Å²) < 4.78 is 9.69. The first-order valence-electron chi connectivity index (χ1n) is 4.36. The Kier molecular flexibility index (Phi) is 3.64. The van der Waals surface area contributed by atoms with Crippen molar-refractivity contribution in [2.45, 2.75) is 19.9 Å². The van der Waals surface area contributed by atoms with E-state index in [1.807, 2.05) is 6.92 Å². The number of nitrogens with one attached hydrogen (secondary N) is 1. The second-order valence-corrected chi connectivity index (χ2v) is 3.16. The molecule has 0 spiro atoms. The van der Waals surface area contributed by atoms with Crippen LogP contribution in [0.25, 0.3) is 0 Å². The van der Waals surface area contributed by atoms with E-state index in [-0.39, 0.29) is 17.7 Å². The van der Waals surface area contributed by atoms with Gasteiger partial charge < -0.3 is 14.6 Å². The SMILES string of the molecule is COCC(C)NC(=O)c1cc(C)no1. The molecule has 5 nitrogen and oxygen atoms in total. The van der Waals surface area contributed by atoms with Crippen LogP contribution in [0, 0.1) is 6.92 Å². The molecule has 1 aromatic rings. The summed E-state index contributed by atoms with van der Waals surface area (Å²) in [7, 11) is 1.58. The molecule has 0 saturated heterocycles. The van der Waals surface area contributed by atoms with Crippen molar-refractivity contribution in [3.05, 3.63) is 17.5 Å². The van der Waals surface area contributed by atoms with Crippen molar-refractivity contribution >= 4 is 5.91 Å². The number of amides is 1. The van der Waals surface area contributed by atoms with Gasteiger partial charge in [-0.05, 0) is 13.8 Å². The molecule has 1 rings (SSSR count). The van der Waals surface area contributed by atoms with Crippen LogP contribution in [0.3, 0.4) is 0 Å². The third kappa shape index (κ3) is 2.85. The highest BCUT2D eigenvalue weighted by atomic mass is 16.5. The topological polar surface area (TPSA) is 64.4 Å². The van der Waals surface area contributed by atoms with Gasteiger partial charge in [-0.15, -0.1) is 0 Å². The number of carbonyl (C=O) groups is 1. The minimum atomic E-state index is -0.268. The van der Waals surface area contributed by atoms with Gasteiger partial charge >= 0.3 is 0 Å². The van der Waals surface area contributed by atoms with Crippen LogP contribution in [0.4, 0.5) is 0 Å². The lowest BCUT2D eigenvalue weighted by atomic mass is 10.3. The molecule has 0 aliphatic rings. The summed E-state index contributed by atoms with van der Waals surface area (Å²) in [6, 6.07) is 1.55. The summed E-state index contributed by atoms with van der Waals surface area (Å²) in [5.41, 5.74) is 0.689. The fourth-order valence-electron chi connectivity index (χ4n) is 1.06. The molecular formula is C9H14N2O3. The van der Waals surface area contributed by atoms with Crippen molar-refractivity contribution in [1.29, 1.82) is 0 Å². The van der Waals surface area contributed by atoms with E-state index in [0.717, 1.165) is 0 Å². The van der Waals surface area contributed by atoms with Gasteiger partial charge in [0.15, 0.2) is 0 Å². The van der Waals surface area contributed by atoms with E-state index in [9.17, 15) is 4.79 Å². The highest BCUT2D eigenvalue weighted by Crippen LogP contribution is 2.01. The van der Waals surface area contributed by atoms with Gasteiger partial charge in [0.05, 0.1) is 12.3 Å². The first-order valence-corrected chi connectivity index (χ1v) is 4.36. The second-order valence-electron chi connectivity index (χ2n) is 3.16. The number of nitrogens with zero attached hydrogens (tertiary/aromatic N) is 1. The van der Waals surface area contributed by atoms with Crippen molar-refractivity contribution in [1.82, 2.24) is 10.5 Å². The molecule has 0 aliphatic heterocycles. The largest absolute Gasteiger partial charge is 0.383 e. The molecule has 1 atom stereocenters. The fourth-order valence-corrected chi connectivity index (χ4v) is 1.06. The van der Waals surface area contributed by atoms with E-state index in [1.54, 1.807) is 20.1 Å². The normalized spacial score (nSPS) is 12.5. The molecule has 0 aliphatic carbocycles. The summed E-state index contributed by atoms with van der Waals surface area (Å²) in [6.07, 6.45) is 0. The minimum Gasteiger partial charge on any atom is -0.383 e. The Morgan fingerprint density at radius 1 is 1.79 bits per heavy atom. The maximum Gasteiger partial charge on any atom is 0.290 e. The molecule has 14 heavy (non-hydrogen) atoms. The first-order chi connectivity index (χ1) is 6.63. The molecule has 1 amide bonds. The van der Waals surface area contributed by atoms with Crippen LogP contribution in [0.15, 0.2) is 10.6 Å². The van der Waals surface area contributed by atoms with Crippen LogP contribution in [0.1, 0.15) is 23.2 Å². The Morgan fingerprint density at radius 3 is 3.00 bits per heavy atom. The van der Waals surface area contributed by atoms with Gasteiger partial charge in [-0.25, -0.2) is 0 Å². The molecule has 1 unspecified atom stereocenters. The number of rotatable bonds is 4. The standard InChI is InChI=1S/C9H14N2O3/c1-6-4-8(14-11-6)9(12)10-7(2)5-13-3/h4,7H,5H2,1-3H3,(H,10,12). The van der Waals surface area contributed by atoms with Crippen molar-refractivity contribution in [3.8, 4) is 0 Å². The van der Waals surface area contributed by atoms with Gasteiger partial charge in [-0.2, -0.15) is 0 Å². The van der Waals surface area contributed by atoms with Crippen LogP contribution < -0.4 is 5.32 Å². The highest BCUT2D eigenvalue weighted by Gasteiger charge is 2.13. The predicted octanol–water partition coefficient (Wildman–Crippen LogP) is 0.748. The number of aryl methyl sites for hydroxylation is 1. The van der Waals surface area contributed by atoms with Crippen LogP contribution in [0.5, 0.6) is 0 Å². The van der Waals surface area contributed by atoms with Crippen LogP contribution >= 0.6 is 0 Å². The van der Waals surface area contributed by atoms with Crippen molar-refractivity contribution in [2.24, 2.45) is 0 Å². The molecule has 1 aromatic heterocycles. The third-order valence-electron chi connectivity index (χ3n) is 1.65. The van der Waals surface area contributed by atoms with Crippen molar-refractivity contribution < 1.29 is 14.1 Å². The Bertz CT molecular complexity index is 309. The predicted molar refractivity (Wildman–Crippen MR) is 50.0 cm³/mol. The van der Waals surface area contributed by atoms with Crippen LogP contribution in [0.2, 0.25) is 0 Å².